The molecule has 123 heavy (non-hydrogen) atoms. The molecule has 0 unspecified atom stereocenters. The van der Waals surface area contributed by atoms with Gasteiger partial charge in [-0.1, -0.05) is 160 Å². The van der Waals surface area contributed by atoms with E-state index < -0.39 is 62.9 Å². The number of cyclic esters (lactones) is 2. The van der Waals surface area contributed by atoms with Crippen molar-refractivity contribution in [3.63, 3.8) is 0 Å². The molecule has 10 rings (SSSR count). The maximum Gasteiger partial charge on any atom is 0.508 e. The van der Waals surface area contributed by atoms with Gasteiger partial charge >= 0.3 is 35.5 Å². The van der Waals surface area contributed by atoms with Gasteiger partial charge in [0, 0.05) is 30.2 Å². The predicted molar refractivity (Wildman–Crippen MR) is 484 cm³/mol. The molecule has 0 amide bonds. The smallest absolute Gasteiger partial charge is 0.497 e. The summed E-state index contributed by atoms with van der Waals surface area (Å²) in [7, 11) is 6.52. The second-order valence-corrected chi connectivity index (χ2v) is 30.2. The number of fused-ring (bicyclic) bond motifs is 4. The van der Waals surface area contributed by atoms with Crippen LogP contribution in [0.2, 0.25) is 0 Å². The third kappa shape index (κ3) is 36.0. The Morgan fingerprint density at radius 3 is 0.894 bits per heavy atom. The van der Waals surface area contributed by atoms with Crippen LogP contribution in [0.1, 0.15) is 182 Å². The number of aliphatic hydroxyl groups excluding tert-OH is 7. The number of nitrogens with zero attached hydrogens (tertiary/aromatic N) is 1. The van der Waals surface area contributed by atoms with E-state index in [9.17, 15) is 49.2 Å². The van der Waals surface area contributed by atoms with Crippen molar-refractivity contribution in [2.75, 3.05) is 147 Å². The summed E-state index contributed by atoms with van der Waals surface area (Å²) >= 11 is 4.72. The first-order chi connectivity index (χ1) is 57.9. The van der Waals surface area contributed by atoms with Gasteiger partial charge in [0.15, 0.2) is 0 Å². The number of carboxylic acid groups (broad SMARTS) is 1. The Kier molecular flexibility index (Phi) is 53.2. The van der Waals surface area contributed by atoms with Crippen molar-refractivity contribution in [3.05, 3.63) is 168 Å². The number of rotatable bonds is 33. The Labute approximate surface area is 732 Å². The van der Waals surface area contributed by atoms with Crippen molar-refractivity contribution in [1.29, 1.82) is 0 Å². The van der Waals surface area contributed by atoms with Crippen molar-refractivity contribution in [1.82, 2.24) is 4.90 Å². The lowest BCUT2D eigenvalue weighted by Crippen LogP contribution is -2.43. The summed E-state index contributed by atoms with van der Waals surface area (Å²) in [5.74, 6) is -0.436. The maximum absolute atomic E-state index is 12.6. The number of hydrogen-bond acceptors (Lipinski definition) is 25. The van der Waals surface area contributed by atoms with E-state index in [0.717, 1.165) is 102 Å². The van der Waals surface area contributed by atoms with Crippen LogP contribution < -0.4 is 18.9 Å². The molecular formula is C96H140ClNO25. The molecule has 8 N–H and O–H groups in total. The van der Waals surface area contributed by atoms with E-state index in [2.05, 4.69) is 30.4 Å². The number of aliphatic hydroxyl groups is 7. The first-order valence-electron chi connectivity index (χ1n) is 41.1. The van der Waals surface area contributed by atoms with Crippen molar-refractivity contribution in [3.8, 4) is 23.0 Å². The molecule has 0 aliphatic carbocycles. The second-order valence-electron chi connectivity index (χ2n) is 29.9. The summed E-state index contributed by atoms with van der Waals surface area (Å²) < 4.78 is 56.1. The molecular weight excluding hydrogens is 1600 g/mol. The Bertz CT molecular complexity index is 4220. The van der Waals surface area contributed by atoms with Crippen LogP contribution >= 0.6 is 11.6 Å². The number of carbonyl (C=O) groups excluding carboxylic acids is 5. The van der Waals surface area contributed by atoms with Crippen LogP contribution in [0.4, 0.5) is 9.59 Å². The van der Waals surface area contributed by atoms with Gasteiger partial charge in [-0.25, -0.2) is 9.59 Å². The zero-order chi connectivity index (χ0) is 90.3. The molecule has 8 aromatic rings. The molecule has 2 heterocycles. The fourth-order valence-electron chi connectivity index (χ4n) is 11.8. The van der Waals surface area contributed by atoms with Gasteiger partial charge in [0.25, 0.3) is 0 Å². The normalized spacial score (nSPS) is 13.5. The Hall–Kier alpha value is -9.45. The van der Waals surface area contributed by atoms with Crippen molar-refractivity contribution >= 4 is 90.2 Å². The van der Waals surface area contributed by atoms with Gasteiger partial charge in [0.1, 0.15) is 56.0 Å². The number of aliphatic carboxylic acids is 1. The second kappa shape index (κ2) is 58.6. The van der Waals surface area contributed by atoms with Gasteiger partial charge in [-0.3, -0.25) is 19.2 Å². The van der Waals surface area contributed by atoms with E-state index in [1.807, 2.05) is 180 Å². The molecule has 2 saturated heterocycles. The average Bonchev–Trinajstić information content (AvgIpc) is 0.926. The summed E-state index contributed by atoms with van der Waals surface area (Å²) in [6.07, 6.45) is 4.21. The number of carboxylic acids is 1. The topological polar surface area (TPSA) is 369 Å². The molecule has 0 spiro atoms. The van der Waals surface area contributed by atoms with Gasteiger partial charge in [-0.15, -0.1) is 0 Å². The Morgan fingerprint density at radius 1 is 0.415 bits per heavy atom. The lowest BCUT2D eigenvalue weighted by Gasteiger charge is -2.34. The molecule has 27 heteroatoms. The minimum Gasteiger partial charge on any atom is -0.497 e. The lowest BCUT2D eigenvalue weighted by atomic mass is 9.87. The Balaban J connectivity index is 0.000000744. The fourth-order valence-corrected chi connectivity index (χ4v) is 11.9. The van der Waals surface area contributed by atoms with Crippen LogP contribution in [0.5, 0.6) is 23.0 Å². The molecule has 0 radical (unpaired) electrons. The Morgan fingerprint density at radius 2 is 0.691 bits per heavy atom. The minimum absolute atomic E-state index is 0. The van der Waals surface area contributed by atoms with Gasteiger partial charge < -0.3 is 97.9 Å². The van der Waals surface area contributed by atoms with E-state index in [0.29, 0.717) is 32.3 Å². The summed E-state index contributed by atoms with van der Waals surface area (Å²) in [6, 6.07) is 46.3. The third-order valence-corrected chi connectivity index (χ3v) is 22.2. The van der Waals surface area contributed by atoms with E-state index in [1.54, 1.807) is 56.1 Å². The molecule has 2 aliphatic rings. The van der Waals surface area contributed by atoms with Crippen molar-refractivity contribution in [2.24, 2.45) is 21.7 Å². The lowest BCUT2D eigenvalue weighted by molar-refractivity contribution is -0.155. The highest BCUT2D eigenvalue weighted by atomic mass is 35.5. The molecule has 26 nitrogen and oxygen atoms in total. The highest BCUT2D eigenvalue weighted by Gasteiger charge is 2.39. The average molecular weight is 1740 g/mol. The molecule has 8 aromatic carbocycles. The van der Waals surface area contributed by atoms with E-state index in [-0.39, 0.29) is 112 Å². The van der Waals surface area contributed by atoms with Crippen molar-refractivity contribution < 1.29 is 122 Å². The predicted octanol–water partition coefficient (Wildman–Crippen LogP) is 17.0. The molecule has 2 fully saturated rings. The van der Waals surface area contributed by atoms with Crippen LogP contribution in [0, 0.1) is 21.7 Å². The van der Waals surface area contributed by atoms with Crippen LogP contribution in [0.25, 0.3) is 43.1 Å². The molecule has 0 bridgehead atoms. The number of ether oxygens (including phenoxy) is 11. The summed E-state index contributed by atoms with van der Waals surface area (Å²) in [5, 5.41) is 81.0. The minimum atomic E-state index is -0.808. The van der Waals surface area contributed by atoms with Crippen LogP contribution in [-0.4, -0.2) is 228 Å². The molecule has 2 aliphatic heterocycles. The molecule has 686 valence electrons. The number of carbonyl (C=O) groups is 6. The third-order valence-electron chi connectivity index (χ3n) is 22.0. The zero-order valence-corrected chi connectivity index (χ0v) is 74.2. The largest absolute Gasteiger partial charge is 0.508 e. The zero-order valence-electron chi connectivity index (χ0n) is 73.5. The summed E-state index contributed by atoms with van der Waals surface area (Å²) in [6.45, 7) is 27.9. The highest BCUT2D eigenvalue weighted by molar-refractivity contribution is 6.61. The van der Waals surface area contributed by atoms with Crippen molar-refractivity contribution in [2.45, 2.75) is 160 Å². The number of esters is 3. The van der Waals surface area contributed by atoms with Crippen LogP contribution in [-0.2, 0) is 52.3 Å². The summed E-state index contributed by atoms with van der Waals surface area (Å²) in [5.41, 5.74) is -0.0360. The number of halogens is 1. The maximum atomic E-state index is 12.6. The van der Waals surface area contributed by atoms with Gasteiger partial charge in [0.2, 0.25) is 0 Å². The molecule has 0 saturated carbocycles. The number of hydrogen-bond donors (Lipinski definition) is 8. The first-order valence-corrected chi connectivity index (χ1v) is 41.5. The SMILES string of the molecule is C.C.C1CCOC1.CCC(CO)(CO)CO.CCC(CO)(CO)COC(=O)[C@@H](C)c1ccc2cc(OC)ccc2c1.CCC(CO)(CO)COC(=O)[C@@H](C)c1ccc2cc(OC)ccc2c1.CCC1(COC(=O)[C@@H](C)c2ccc3cc(OC)ccc3c2)COC(=O)OC1.CCN(CC)CC.CCOC(=O)Cl.COc1ccc2cc([C@H](C)C(=O)O)ccc2c1. The molecule has 0 aromatic heterocycles. The number of benzene rings is 8. The van der Waals surface area contributed by atoms with Gasteiger partial charge in [-0.05, 0) is 207 Å². The monoisotopic (exact) mass is 1740 g/mol. The van der Waals surface area contributed by atoms with Gasteiger partial charge in [0.05, 0.1) is 121 Å². The van der Waals surface area contributed by atoms with Gasteiger partial charge in [-0.2, -0.15) is 0 Å². The first kappa shape index (κ1) is 112. The van der Waals surface area contributed by atoms with E-state index >= 15 is 0 Å². The highest BCUT2D eigenvalue weighted by Crippen LogP contribution is 2.34. The van der Waals surface area contributed by atoms with E-state index in [1.165, 1.54) is 32.5 Å². The van der Waals surface area contributed by atoms with Crippen LogP contribution in [0.15, 0.2) is 146 Å². The summed E-state index contributed by atoms with van der Waals surface area (Å²) in [4.78, 5) is 71.3. The van der Waals surface area contributed by atoms with E-state index in [4.69, 9.17) is 79.4 Å². The number of methoxy groups -OCH3 is 4. The quantitative estimate of drug-likeness (QED) is 0.0108. The molecule has 4 atom stereocenters. The standard InChI is InChI=1S/C21H24O6.2C20H26O5.C14H14O3.C6H15N.C6H14O3.C4H8O.C3H5ClO2.2CH4/c1-4-21(12-26-20(23)27-13-21)11-25-19(22)14(2)15-5-6-17-10-18(24-3)8-7-16(17)9-15;2*1-4-20(11-21,12-22)13-25-19(23)14(2)15-5-6-17-10-18(24-3)8-7-16(17)9-15;1-9(14(15)16)10-3-4-12-8-13(17-2)6-5-11(12)7-10;1-4-7(5-2)6-3;1-2-6(3-7,4-8)5-9;1-2-4-5-3-1;1-2-6-3(4)5;;/h5-10,14H,4,11-13H2,1-3H3;2*5-10,14,21-22H,4,11-13H2,1-3H3;3-9H,1-2H3,(H,15,16);4-6H2,1-3H3;7-9H,2-5H2,1H3;1-4H2;2H2,1H3;2*1H4/t3*14-;9-;;;;;;/m0000....../s1. The fraction of sp³-hybridized carbons (Fsp3) is 0.521. The van der Waals surface area contributed by atoms with Crippen LogP contribution in [0.3, 0.4) is 0 Å².